The van der Waals surface area contributed by atoms with Crippen molar-refractivity contribution in [3.05, 3.63) is 119 Å². The first-order valence-corrected chi connectivity index (χ1v) is 23.9. The zero-order valence-corrected chi connectivity index (χ0v) is 42.4. The molecule has 2 fully saturated rings. The first-order chi connectivity index (χ1) is 35.8. The summed E-state index contributed by atoms with van der Waals surface area (Å²) in [6, 6.07) is 29.5. The maximum atomic E-state index is 12.9. The van der Waals surface area contributed by atoms with E-state index < -0.39 is 116 Å². The third-order valence-electron chi connectivity index (χ3n) is 11.4. The van der Waals surface area contributed by atoms with Gasteiger partial charge in [-0.15, -0.1) is 0 Å². The van der Waals surface area contributed by atoms with Crippen molar-refractivity contribution in [2.75, 3.05) is 13.2 Å². The summed E-state index contributed by atoms with van der Waals surface area (Å²) in [5, 5.41) is 11.4. The molecule has 4 aromatic carbocycles. The third kappa shape index (κ3) is 16.9. The Balaban J connectivity index is 1.28. The van der Waals surface area contributed by atoms with E-state index >= 15 is 0 Å². The van der Waals surface area contributed by atoms with E-state index in [0.717, 1.165) is 65.2 Å². The van der Waals surface area contributed by atoms with Gasteiger partial charge in [0.15, 0.2) is 30.7 Å². The summed E-state index contributed by atoms with van der Waals surface area (Å²) < 4.78 is 76.1. The number of hydrogen-bond acceptors (Lipinski definition) is 21. The van der Waals surface area contributed by atoms with E-state index in [2.05, 4.69) is 0 Å². The summed E-state index contributed by atoms with van der Waals surface area (Å²) in [5.74, 6) is -5.11. The summed E-state index contributed by atoms with van der Waals surface area (Å²) in [6.45, 7) is 6.83. The Kier molecular flexibility index (Phi) is 20.3. The van der Waals surface area contributed by atoms with Crippen molar-refractivity contribution in [3.63, 3.8) is 0 Å². The SMILES string of the molecule is CC(=O)OC[C@H]1O[C@H](O[C@H]2[C@H](OC(C)=O)[C@@H](OC(C)=O)[C@H](Oc3ccc(CCc4ccc(OCc5ccccc5)cc4OCc4ccccc4)c(O)c3)O[C@@H]2COC(C)=O)[C@H](OC(C)=O)[C@@H](OC(C)=O)[C@@H]1OC(C)=O. The van der Waals surface area contributed by atoms with Gasteiger partial charge >= 0.3 is 41.8 Å². The van der Waals surface area contributed by atoms with E-state index in [1.807, 2.05) is 78.9 Å². The topological polar surface area (TPSA) is 260 Å². The molecule has 2 aliphatic heterocycles. The fourth-order valence-electron chi connectivity index (χ4n) is 8.24. The van der Waals surface area contributed by atoms with Crippen molar-refractivity contribution in [3.8, 4) is 23.0 Å². The maximum Gasteiger partial charge on any atom is 0.303 e. The minimum absolute atomic E-state index is 0.00281. The molecule has 0 saturated carbocycles. The molecule has 402 valence electrons. The highest BCUT2D eigenvalue weighted by atomic mass is 16.8. The fourth-order valence-corrected chi connectivity index (χ4v) is 8.24. The molecule has 2 aliphatic rings. The molecule has 10 atom stereocenters. The van der Waals surface area contributed by atoms with Crippen molar-refractivity contribution in [1.29, 1.82) is 0 Å². The molecule has 4 aromatic rings. The second kappa shape index (κ2) is 27.0. The van der Waals surface area contributed by atoms with Crippen LogP contribution >= 0.6 is 0 Å². The van der Waals surface area contributed by atoms with Gasteiger partial charge in [0, 0.05) is 60.6 Å². The number of esters is 7. The van der Waals surface area contributed by atoms with Gasteiger partial charge < -0.3 is 66.7 Å². The molecule has 75 heavy (non-hydrogen) atoms. The predicted octanol–water partition coefficient (Wildman–Crippen LogP) is 5.33. The zero-order chi connectivity index (χ0) is 54.2. The fraction of sp³-hybridized carbons (Fsp3) is 0.426. The number of aryl methyl sites for hydroxylation is 2. The van der Waals surface area contributed by atoms with Gasteiger partial charge in [-0.2, -0.15) is 0 Å². The van der Waals surface area contributed by atoms with Crippen molar-refractivity contribution in [2.24, 2.45) is 0 Å². The van der Waals surface area contributed by atoms with Gasteiger partial charge in [-0.05, 0) is 47.2 Å². The van der Waals surface area contributed by atoms with Gasteiger partial charge in [-0.3, -0.25) is 33.6 Å². The lowest BCUT2D eigenvalue weighted by molar-refractivity contribution is -0.354. The van der Waals surface area contributed by atoms with E-state index in [0.29, 0.717) is 43.1 Å². The standard InChI is InChI=1S/C54H60O21/c1-30(55)63-28-45-47(67-32(3)57)49(68-33(4)58)52(71-36(7)61)54(74-45)75-48-46(29-64-31(2)56)73-53(51(70-35(6)60)50(48)69-34(5)59)72-42-23-20-39(43(62)24-42)18-19-40-21-22-41(65-26-37-14-10-8-11-15-37)25-44(40)66-27-38-16-12-9-13-17-38/h8-17,20-25,45-54,62H,18-19,26-29H2,1-7H3/t45-,46-,47-,48-,49+,50+,51-,52-,53-,54-/m1/s1. The summed E-state index contributed by atoms with van der Waals surface area (Å²) >= 11 is 0. The van der Waals surface area contributed by atoms with Crippen LogP contribution in [0.5, 0.6) is 23.0 Å². The van der Waals surface area contributed by atoms with E-state index in [-0.39, 0.29) is 11.5 Å². The van der Waals surface area contributed by atoms with Gasteiger partial charge in [0.1, 0.15) is 67.7 Å². The molecule has 0 bridgehead atoms. The van der Waals surface area contributed by atoms with Gasteiger partial charge in [0.25, 0.3) is 0 Å². The molecule has 0 aliphatic carbocycles. The van der Waals surface area contributed by atoms with Crippen molar-refractivity contribution in [1.82, 2.24) is 0 Å². The number of rotatable bonds is 22. The monoisotopic (exact) mass is 1040 g/mol. The van der Waals surface area contributed by atoms with Gasteiger partial charge in [-0.1, -0.05) is 72.8 Å². The average Bonchev–Trinajstić information content (AvgIpc) is 3.35. The van der Waals surface area contributed by atoms with Crippen LogP contribution in [0.1, 0.15) is 70.7 Å². The smallest absolute Gasteiger partial charge is 0.303 e. The Labute approximate surface area is 432 Å². The third-order valence-corrected chi connectivity index (χ3v) is 11.4. The molecule has 0 aromatic heterocycles. The molecule has 0 radical (unpaired) electrons. The lowest BCUT2D eigenvalue weighted by Crippen LogP contribution is -2.67. The number of carbonyl (C=O) groups is 7. The highest BCUT2D eigenvalue weighted by Crippen LogP contribution is 2.37. The first-order valence-electron chi connectivity index (χ1n) is 23.9. The van der Waals surface area contributed by atoms with E-state index in [9.17, 15) is 38.7 Å². The average molecular weight is 1050 g/mol. The number of hydrogen-bond donors (Lipinski definition) is 1. The highest BCUT2D eigenvalue weighted by Gasteiger charge is 2.58. The summed E-state index contributed by atoms with van der Waals surface area (Å²) in [4.78, 5) is 87.6. The van der Waals surface area contributed by atoms with Crippen LogP contribution in [0.4, 0.5) is 0 Å². The Morgan fingerprint density at radius 2 is 0.893 bits per heavy atom. The maximum absolute atomic E-state index is 12.9. The van der Waals surface area contributed by atoms with Crippen LogP contribution in [0.2, 0.25) is 0 Å². The number of carbonyl (C=O) groups excluding carboxylic acids is 7. The number of benzene rings is 4. The minimum Gasteiger partial charge on any atom is -0.508 e. The van der Waals surface area contributed by atoms with Crippen LogP contribution in [-0.2, 0) is 107 Å². The van der Waals surface area contributed by atoms with Gasteiger partial charge in [0.05, 0.1) is 0 Å². The molecule has 0 unspecified atom stereocenters. The van der Waals surface area contributed by atoms with Crippen molar-refractivity contribution >= 4 is 41.8 Å². The largest absolute Gasteiger partial charge is 0.508 e. The minimum atomic E-state index is -1.87. The number of aromatic hydroxyl groups is 1. The van der Waals surface area contributed by atoms with Crippen molar-refractivity contribution in [2.45, 2.75) is 136 Å². The highest BCUT2D eigenvalue weighted by molar-refractivity contribution is 5.69. The molecule has 0 spiro atoms. The lowest BCUT2D eigenvalue weighted by atomic mass is 9.96. The van der Waals surface area contributed by atoms with E-state index in [1.54, 1.807) is 6.07 Å². The van der Waals surface area contributed by atoms with E-state index in [4.69, 9.17) is 61.6 Å². The normalized spacial score (nSPS) is 23.0. The summed E-state index contributed by atoms with van der Waals surface area (Å²) in [5.41, 5.74) is 3.33. The second-order valence-electron chi connectivity index (χ2n) is 17.4. The molecule has 21 nitrogen and oxygen atoms in total. The van der Waals surface area contributed by atoms with Gasteiger partial charge in [0.2, 0.25) is 12.4 Å². The molecular weight excluding hydrogens is 985 g/mol. The molecule has 6 rings (SSSR count). The van der Waals surface area contributed by atoms with Crippen LogP contribution < -0.4 is 14.2 Å². The van der Waals surface area contributed by atoms with Crippen LogP contribution in [0.3, 0.4) is 0 Å². The molecule has 2 saturated heterocycles. The number of phenols is 1. The molecule has 1 N–H and O–H groups in total. The van der Waals surface area contributed by atoms with Crippen molar-refractivity contribution < 1.29 is 100 Å². The van der Waals surface area contributed by atoms with Crippen LogP contribution in [0.25, 0.3) is 0 Å². The van der Waals surface area contributed by atoms with Crippen LogP contribution in [0.15, 0.2) is 97.1 Å². The quantitative estimate of drug-likeness (QED) is 0.0770. The lowest BCUT2D eigenvalue weighted by Gasteiger charge is -2.48. The number of ether oxygens (including phenoxy) is 13. The Morgan fingerprint density at radius 3 is 1.43 bits per heavy atom. The second-order valence-corrected chi connectivity index (χ2v) is 17.4. The predicted molar refractivity (Wildman–Crippen MR) is 257 cm³/mol. The first kappa shape index (κ1) is 56.5. The Morgan fingerprint density at radius 1 is 0.453 bits per heavy atom. The van der Waals surface area contributed by atoms with Gasteiger partial charge in [-0.25, -0.2) is 0 Å². The number of phenolic OH excluding ortho intramolecular Hbond substituents is 1. The molecule has 2 heterocycles. The van der Waals surface area contributed by atoms with Crippen LogP contribution in [-0.4, -0.2) is 122 Å². The zero-order valence-electron chi connectivity index (χ0n) is 42.4. The Bertz CT molecular complexity index is 2600. The Hall–Kier alpha value is -7.75. The molecule has 21 heteroatoms. The summed E-state index contributed by atoms with van der Waals surface area (Å²) in [7, 11) is 0. The summed E-state index contributed by atoms with van der Waals surface area (Å²) in [6.07, 6.45) is -15.8. The molecule has 0 amide bonds. The molecular formula is C54H60O21. The van der Waals surface area contributed by atoms with Crippen LogP contribution in [0, 0.1) is 0 Å². The van der Waals surface area contributed by atoms with E-state index in [1.165, 1.54) is 12.1 Å².